The molecule has 7 heteroatoms. The number of nitriles is 1. The molecular formula is C21H25N2O5-. The first kappa shape index (κ1) is 21.3. The minimum atomic E-state index is -1.34. The Labute approximate surface area is 164 Å². The van der Waals surface area contributed by atoms with Crippen LogP contribution in [0.4, 0.5) is 0 Å². The van der Waals surface area contributed by atoms with E-state index in [2.05, 4.69) is 12.2 Å². The number of benzene rings is 1. The topological polar surface area (TPSA) is 111 Å². The number of carboxylic acids is 1. The average molecular weight is 385 g/mol. The molecule has 0 spiro atoms. The Bertz CT molecular complexity index is 781. The molecule has 0 unspecified atom stereocenters. The third-order valence-electron chi connectivity index (χ3n) is 4.72. The van der Waals surface area contributed by atoms with Crippen LogP contribution >= 0.6 is 0 Å². The molecule has 1 fully saturated rings. The number of carbonyl (C=O) groups is 2. The van der Waals surface area contributed by atoms with E-state index >= 15 is 0 Å². The molecule has 1 amide bonds. The molecular weight excluding hydrogens is 360 g/mol. The van der Waals surface area contributed by atoms with Crippen molar-refractivity contribution in [3.05, 3.63) is 29.3 Å². The highest BCUT2D eigenvalue weighted by molar-refractivity contribution is 6.01. The van der Waals surface area contributed by atoms with Crippen molar-refractivity contribution < 1.29 is 24.2 Å². The van der Waals surface area contributed by atoms with E-state index in [1.165, 1.54) is 18.6 Å². The van der Waals surface area contributed by atoms with E-state index in [9.17, 15) is 20.0 Å². The number of ether oxygens (including phenoxy) is 2. The average Bonchev–Trinajstić information content (AvgIpc) is 2.67. The van der Waals surface area contributed by atoms with Crippen LogP contribution in [0.3, 0.4) is 0 Å². The summed E-state index contributed by atoms with van der Waals surface area (Å²) in [5.41, 5.74) is 0.580. The van der Waals surface area contributed by atoms with Gasteiger partial charge in [-0.2, -0.15) is 5.26 Å². The van der Waals surface area contributed by atoms with E-state index in [0.29, 0.717) is 23.8 Å². The van der Waals surface area contributed by atoms with Crippen molar-refractivity contribution >= 4 is 18.0 Å². The minimum Gasteiger partial charge on any atom is -0.546 e. The smallest absolute Gasteiger partial charge is 0.262 e. The van der Waals surface area contributed by atoms with Gasteiger partial charge in [-0.3, -0.25) is 4.79 Å². The Morgan fingerprint density at radius 1 is 1.29 bits per heavy atom. The highest BCUT2D eigenvalue weighted by atomic mass is 16.5. The maximum absolute atomic E-state index is 12.5. The van der Waals surface area contributed by atoms with E-state index in [4.69, 9.17) is 9.47 Å². The quantitative estimate of drug-likeness (QED) is 0.540. The number of hydrogen-bond acceptors (Lipinski definition) is 6. The Morgan fingerprint density at radius 3 is 2.68 bits per heavy atom. The number of rotatable bonds is 8. The highest BCUT2D eigenvalue weighted by Crippen LogP contribution is 2.29. The van der Waals surface area contributed by atoms with Gasteiger partial charge in [0, 0.05) is 6.04 Å². The number of aliphatic carboxylic acids is 1. The second-order valence-corrected chi connectivity index (χ2v) is 6.81. The third-order valence-corrected chi connectivity index (χ3v) is 4.72. The maximum Gasteiger partial charge on any atom is 0.262 e. The summed E-state index contributed by atoms with van der Waals surface area (Å²) in [7, 11) is 0. The molecule has 0 bridgehead atoms. The number of nitrogens with zero attached hydrogens (tertiary/aromatic N) is 1. The van der Waals surface area contributed by atoms with Crippen molar-refractivity contribution in [2.45, 2.75) is 45.6 Å². The summed E-state index contributed by atoms with van der Waals surface area (Å²) in [6.45, 7) is 3.64. The molecule has 1 aromatic rings. The molecule has 1 saturated carbocycles. The van der Waals surface area contributed by atoms with Gasteiger partial charge in [-0.15, -0.1) is 0 Å². The third kappa shape index (κ3) is 6.02. The lowest BCUT2D eigenvalue weighted by molar-refractivity contribution is -0.307. The summed E-state index contributed by atoms with van der Waals surface area (Å²) in [6, 6.07) is 6.80. The Morgan fingerprint density at radius 2 is 2.04 bits per heavy atom. The molecule has 0 heterocycles. The number of amides is 1. The van der Waals surface area contributed by atoms with Crippen molar-refractivity contribution in [3.63, 3.8) is 0 Å². The van der Waals surface area contributed by atoms with E-state index in [0.717, 1.165) is 19.3 Å². The van der Waals surface area contributed by atoms with Crippen LogP contribution in [-0.4, -0.2) is 31.1 Å². The lowest BCUT2D eigenvalue weighted by Crippen LogP contribution is -2.41. The van der Waals surface area contributed by atoms with Crippen LogP contribution in [0.25, 0.3) is 6.08 Å². The molecule has 28 heavy (non-hydrogen) atoms. The fourth-order valence-electron chi connectivity index (χ4n) is 3.23. The zero-order valence-electron chi connectivity index (χ0n) is 16.2. The summed E-state index contributed by atoms with van der Waals surface area (Å²) >= 11 is 0. The number of hydrogen-bond donors (Lipinski definition) is 1. The van der Waals surface area contributed by atoms with Gasteiger partial charge >= 0.3 is 0 Å². The van der Waals surface area contributed by atoms with Crippen LogP contribution < -0.4 is 19.9 Å². The Balaban J connectivity index is 2.17. The summed E-state index contributed by atoms with van der Waals surface area (Å²) in [6.07, 6.45) is 5.72. The summed E-state index contributed by atoms with van der Waals surface area (Å²) < 4.78 is 10.6. The fourth-order valence-corrected chi connectivity index (χ4v) is 3.23. The SMILES string of the molecule is CCOc1cc(/C=C(\C#N)C(=O)N[C@@H]2CCCC[C@H]2C)ccc1OCC(=O)[O-]. The maximum atomic E-state index is 12.5. The van der Waals surface area contributed by atoms with Gasteiger partial charge < -0.3 is 24.7 Å². The van der Waals surface area contributed by atoms with Gasteiger partial charge in [0.25, 0.3) is 5.91 Å². The molecule has 0 aromatic heterocycles. The Hall–Kier alpha value is -3.01. The first-order valence-electron chi connectivity index (χ1n) is 9.46. The molecule has 1 N–H and O–H groups in total. The first-order chi connectivity index (χ1) is 13.4. The zero-order chi connectivity index (χ0) is 20.5. The lowest BCUT2D eigenvalue weighted by atomic mass is 9.86. The van der Waals surface area contributed by atoms with E-state index < -0.39 is 18.5 Å². The van der Waals surface area contributed by atoms with Gasteiger partial charge in [-0.05, 0) is 49.5 Å². The molecule has 1 aliphatic carbocycles. The highest BCUT2D eigenvalue weighted by Gasteiger charge is 2.24. The molecule has 1 aromatic carbocycles. The van der Waals surface area contributed by atoms with Gasteiger partial charge in [0.05, 0.1) is 12.6 Å². The summed E-state index contributed by atoms with van der Waals surface area (Å²) in [4.78, 5) is 23.1. The molecule has 0 radical (unpaired) electrons. The molecule has 1 aliphatic rings. The largest absolute Gasteiger partial charge is 0.546 e. The monoisotopic (exact) mass is 385 g/mol. The van der Waals surface area contributed by atoms with Gasteiger partial charge in [-0.1, -0.05) is 25.8 Å². The van der Waals surface area contributed by atoms with Crippen molar-refractivity contribution in [1.82, 2.24) is 5.32 Å². The van der Waals surface area contributed by atoms with Crippen LogP contribution in [0.2, 0.25) is 0 Å². The normalized spacial score (nSPS) is 19.4. The van der Waals surface area contributed by atoms with Gasteiger partial charge in [0.2, 0.25) is 0 Å². The van der Waals surface area contributed by atoms with E-state index in [-0.39, 0.29) is 17.4 Å². The number of carboxylic acid groups (broad SMARTS) is 1. The second kappa shape index (κ2) is 10.4. The van der Waals surface area contributed by atoms with Gasteiger partial charge in [0.15, 0.2) is 11.5 Å². The van der Waals surface area contributed by atoms with Crippen molar-refractivity contribution in [2.24, 2.45) is 5.92 Å². The molecule has 150 valence electrons. The lowest BCUT2D eigenvalue weighted by Gasteiger charge is -2.29. The van der Waals surface area contributed by atoms with Crippen LogP contribution in [0.5, 0.6) is 11.5 Å². The molecule has 2 rings (SSSR count). The summed E-state index contributed by atoms with van der Waals surface area (Å²) in [5.74, 6) is -0.760. The van der Waals surface area contributed by atoms with Gasteiger partial charge in [0.1, 0.15) is 18.2 Å². The van der Waals surface area contributed by atoms with E-state index in [1.807, 2.05) is 6.07 Å². The fraction of sp³-hybridized carbons (Fsp3) is 0.476. The molecule has 0 saturated heterocycles. The predicted octanol–water partition coefficient (Wildman–Crippen LogP) is 1.82. The van der Waals surface area contributed by atoms with Crippen LogP contribution in [-0.2, 0) is 9.59 Å². The number of nitrogens with one attached hydrogen (secondary N) is 1. The van der Waals surface area contributed by atoms with Crippen LogP contribution in [0.15, 0.2) is 23.8 Å². The second-order valence-electron chi connectivity index (χ2n) is 6.81. The molecule has 7 nitrogen and oxygen atoms in total. The molecule has 0 aliphatic heterocycles. The van der Waals surface area contributed by atoms with Crippen molar-refractivity contribution in [3.8, 4) is 17.6 Å². The van der Waals surface area contributed by atoms with Crippen molar-refractivity contribution in [1.29, 1.82) is 5.26 Å². The van der Waals surface area contributed by atoms with E-state index in [1.54, 1.807) is 19.1 Å². The van der Waals surface area contributed by atoms with Crippen molar-refractivity contribution in [2.75, 3.05) is 13.2 Å². The summed E-state index contributed by atoms with van der Waals surface area (Å²) in [5, 5.41) is 23.0. The number of carbonyl (C=O) groups excluding carboxylic acids is 2. The van der Waals surface area contributed by atoms with Crippen LogP contribution in [0, 0.1) is 17.2 Å². The zero-order valence-corrected chi connectivity index (χ0v) is 16.2. The first-order valence-corrected chi connectivity index (χ1v) is 9.46. The predicted molar refractivity (Wildman–Crippen MR) is 101 cm³/mol. The Kier molecular flexibility index (Phi) is 7.88. The van der Waals surface area contributed by atoms with Crippen LogP contribution in [0.1, 0.15) is 45.1 Å². The standard InChI is InChI=1S/C21H26N2O5/c1-3-27-19-11-15(8-9-18(19)28-13-20(24)25)10-16(12-22)21(26)23-17-7-5-4-6-14(17)2/h8-11,14,17H,3-7,13H2,1-2H3,(H,23,26)(H,24,25)/p-1/b16-10+/t14-,17-/m1/s1. The minimum absolute atomic E-state index is 0.00336. The molecule has 2 atom stereocenters. The van der Waals surface area contributed by atoms with Gasteiger partial charge in [-0.25, -0.2) is 0 Å².